The van der Waals surface area contributed by atoms with Gasteiger partial charge in [0.2, 0.25) is 0 Å². The fourth-order valence-corrected chi connectivity index (χ4v) is 1.62. The lowest BCUT2D eigenvalue weighted by molar-refractivity contribution is -0.275. The van der Waals surface area contributed by atoms with E-state index in [0.717, 1.165) is 13.0 Å². The maximum Gasteiger partial charge on any atom is 0.573 e. The zero-order chi connectivity index (χ0) is 13.4. The van der Waals surface area contributed by atoms with E-state index in [9.17, 15) is 26.3 Å². The molecule has 0 aliphatic carbocycles. The molecule has 0 saturated heterocycles. The van der Waals surface area contributed by atoms with Gasteiger partial charge in [0.25, 0.3) is 0 Å². The molecule has 0 fully saturated rings. The van der Waals surface area contributed by atoms with Crippen LogP contribution in [-0.4, -0.2) is 6.36 Å². The van der Waals surface area contributed by atoms with Crippen molar-refractivity contribution in [2.24, 2.45) is 0 Å². The number of ether oxygens (including phenoxy) is 1. The summed E-state index contributed by atoms with van der Waals surface area (Å²) >= 11 is 2.70. The average molecular weight is 323 g/mol. The van der Waals surface area contributed by atoms with E-state index >= 15 is 0 Å². The molecule has 0 saturated carbocycles. The molecule has 0 aliphatic rings. The lowest BCUT2D eigenvalue weighted by Crippen LogP contribution is -2.19. The highest BCUT2D eigenvalue weighted by Gasteiger charge is 2.37. The largest absolute Gasteiger partial charge is 0.573 e. The molecule has 1 rings (SSSR count). The first-order valence-electron chi connectivity index (χ1n) is 4.14. The molecule has 0 aliphatic heterocycles. The van der Waals surface area contributed by atoms with E-state index in [-0.39, 0.29) is 4.47 Å². The van der Waals surface area contributed by atoms with Gasteiger partial charge in [0, 0.05) is 10.0 Å². The van der Waals surface area contributed by atoms with E-state index in [0.29, 0.717) is 6.07 Å². The minimum absolute atomic E-state index is 0.144. The average Bonchev–Trinajstić information content (AvgIpc) is 2.06. The fourth-order valence-electron chi connectivity index (χ4n) is 1.18. The number of alkyl halides is 6. The molecule has 1 aromatic carbocycles. The van der Waals surface area contributed by atoms with Crippen LogP contribution in [0.4, 0.5) is 26.3 Å². The second-order valence-corrected chi connectivity index (χ2v) is 4.04. The van der Waals surface area contributed by atoms with E-state index < -0.39 is 29.4 Å². The Kier molecular flexibility index (Phi) is 3.66. The van der Waals surface area contributed by atoms with Gasteiger partial charge in [0.05, 0.1) is 5.56 Å². The summed E-state index contributed by atoms with van der Waals surface area (Å²) in [5, 5.41) is 0. The first-order chi connectivity index (χ1) is 7.50. The van der Waals surface area contributed by atoms with Gasteiger partial charge in [-0.15, -0.1) is 13.2 Å². The molecule has 0 atom stereocenters. The van der Waals surface area contributed by atoms with Gasteiger partial charge in [0.15, 0.2) is 0 Å². The quantitative estimate of drug-likeness (QED) is 0.682. The van der Waals surface area contributed by atoms with Gasteiger partial charge in [-0.05, 0) is 19.1 Å². The molecule has 1 aromatic rings. The van der Waals surface area contributed by atoms with Gasteiger partial charge in [-0.1, -0.05) is 15.9 Å². The summed E-state index contributed by atoms with van der Waals surface area (Å²) in [5.41, 5.74) is -1.79. The van der Waals surface area contributed by atoms with Crippen molar-refractivity contribution in [1.82, 2.24) is 0 Å². The molecule has 0 radical (unpaired) electrons. The first-order valence-corrected chi connectivity index (χ1v) is 4.93. The van der Waals surface area contributed by atoms with Crippen LogP contribution < -0.4 is 4.74 Å². The molecule has 0 unspecified atom stereocenters. The van der Waals surface area contributed by atoms with Gasteiger partial charge >= 0.3 is 12.5 Å². The van der Waals surface area contributed by atoms with E-state index in [1.165, 1.54) is 0 Å². The molecular formula is C9H5BrF6O. The fraction of sp³-hybridized carbons (Fsp3) is 0.333. The second kappa shape index (κ2) is 4.40. The standard InChI is InChI=1S/C9H5BrF6O/c1-4-6(8(11,12)13)2-5(10)3-7(4)17-9(14,15)16/h2-3H,1H3. The predicted molar refractivity (Wildman–Crippen MR) is 50.6 cm³/mol. The second-order valence-electron chi connectivity index (χ2n) is 3.12. The number of halogens is 7. The van der Waals surface area contributed by atoms with Gasteiger partial charge < -0.3 is 4.74 Å². The summed E-state index contributed by atoms with van der Waals surface area (Å²) in [6.45, 7) is 0.913. The summed E-state index contributed by atoms with van der Waals surface area (Å²) in [7, 11) is 0. The molecule has 0 aromatic heterocycles. The summed E-state index contributed by atoms with van der Waals surface area (Å²) in [6, 6.07) is 1.52. The topological polar surface area (TPSA) is 9.23 Å². The van der Waals surface area contributed by atoms with Crippen LogP contribution in [0.25, 0.3) is 0 Å². The third-order valence-electron chi connectivity index (χ3n) is 1.86. The summed E-state index contributed by atoms with van der Waals surface area (Å²) < 4.78 is 76.7. The Hall–Kier alpha value is -0.920. The van der Waals surface area contributed by atoms with Crippen LogP contribution in [0.15, 0.2) is 16.6 Å². The highest BCUT2D eigenvalue weighted by Crippen LogP contribution is 2.39. The Morgan fingerprint density at radius 3 is 2.00 bits per heavy atom. The lowest BCUT2D eigenvalue weighted by Gasteiger charge is -2.16. The Bertz CT molecular complexity index is 423. The van der Waals surface area contributed by atoms with Crippen LogP contribution in [0.1, 0.15) is 11.1 Å². The number of hydrogen-bond donors (Lipinski definition) is 0. The molecule has 0 amide bonds. The van der Waals surface area contributed by atoms with Crippen LogP contribution in [0.2, 0.25) is 0 Å². The van der Waals surface area contributed by atoms with Crippen molar-refractivity contribution in [2.75, 3.05) is 0 Å². The first kappa shape index (κ1) is 14.1. The third kappa shape index (κ3) is 3.79. The van der Waals surface area contributed by atoms with E-state index in [4.69, 9.17) is 0 Å². The van der Waals surface area contributed by atoms with Crippen molar-refractivity contribution in [3.05, 3.63) is 27.7 Å². The number of rotatable bonds is 1. The molecule has 17 heavy (non-hydrogen) atoms. The summed E-state index contributed by atoms with van der Waals surface area (Å²) in [4.78, 5) is 0. The van der Waals surface area contributed by atoms with Crippen molar-refractivity contribution in [3.63, 3.8) is 0 Å². The summed E-state index contributed by atoms with van der Waals surface area (Å²) in [6.07, 6.45) is -9.77. The summed E-state index contributed by atoms with van der Waals surface area (Å²) in [5.74, 6) is -0.876. The van der Waals surface area contributed by atoms with Crippen molar-refractivity contribution < 1.29 is 31.1 Å². The Morgan fingerprint density at radius 2 is 1.59 bits per heavy atom. The van der Waals surface area contributed by atoms with Crippen molar-refractivity contribution in [3.8, 4) is 5.75 Å². The molecule has 0 bridgehead atoms. The third-order valence-corrected chi connectivity index (χ3v) is 2.31. The highest BCUT2D eigenvalue weighted by atomic mass is 79.9. The smallest absolute Gasteiger partial charge is 0.405 e. The maximum atomic E-state index is 12.5. The normalized spacial score (nSPS) is 12.7. The minimum Gasteiger partial charge on any atom is -0.405 e. The number of hydrogen-bond acceptors (Lipinski definition) is 1. The molecule has 8 heteroatoms. The zero-order valence-corrected chi connectivity index (χ0v) is 9.79. The predicted octanol–water partition coefficient (Wildman–Crippen LogP) is 4.67. The Morgan fingerprint density at radius 1 is 1.06 bits per heavy atom. The molecule has 1 nitrogen and oxygen atoms in total. The molecule has 0 heterocycles. The van der Waals surface area contributed by atoms with Crippen LogP contribution in [0.3, 0.4) is 0 Å². The molecule has 0 N–H and O–H groups in total. The lowest BCUT2D eigenvalue weighted by atomic mass is 10.1. The van der Waals surface area contributed by atoms with Crippen LogP contribution in [0, 0.1) is 6.92 Å². The van der Waals surface area contributed by atoms with Crippen LogP contribution in [-0.2, 0) is 6.18 Å². The Labute approximate surface area is 101 Å². The van der Waals surface area contributed by atoms with Gasteiger partial charge in [-0.3, -0.25) is 0 Å². The van der Waals surface area contributed by atoms with E-state index in [1.54, 1.807) is 0 Å². The maximum absolute atomic E-state index is 12.5. The molecule has 96 valence electrons. The van der Waals surface area contributed by atoms with Crippen molar-refractivity contribution in [1.29, 1.82) is 0 Å². The Balaban J connectivity index is 3.29. The highest BCUT2D eigenvalue weighted by molar-refractivity contribution is 9.10. The van der Waals surface area contributed by atoms with Gasteiger partial charge in [-0.2, -0.15) is 13.2 Å². The van der Waals surface area contributed by atoms with Crippen LogP contribution in [0.5, 0.6) is 5.75 Å². The van der Waals surface area contributed by atoms with Crippen molar-refractivity contribution in [2.45, 2.75) is 19.5 Å². The van der Waals surface area contributed by atoms with E-state index in [1.807, 2.05) is 0 Å². The molecule has 0 spiro atoms. The van der Waals surface area contributed by atoms with Gasteiger partial charge in [0.1, 0.15) is 5.75 Å². The molecular weight excluding hydrogens is 318 g/mol. The van der Waals surface area contributed by atoms with E-state index in [2.05, 4.69) is 20.7 Å². The zero-order valence-electron chi connectivity index (χ0n) is 8.21. The van der Waals surface area contributed by atoms with Crippen molar-refractivity contribution >= 4 is 15.9 Å². The van der Waals surface area contributed by atoms with Gasteiger partial charge in [-0.25, -0.2) is 0 Å². The monoisotopic (exact) mass is 322 g/mol. The SMILES string of the molecule is Cc1c(OC(F)(F)F)cc(Br)cc1C(F)(F)F. The minimum atomic E-state index is -5.03. The van der Waals surface area contributed by atoms with Crippen LogP contribution >= 0.6 is 15.9 Å². The number of benzene rings is 1.